The van der Waals surface area contributed by atoms with Crippen molar-refractivity contribution >= 4 is 31.9 Å². The molecule has 2 aromatic rings. The van der Waals surface area contributed by atoms with E-state index in [2.05, 4.69) is 31.4 Å². The van der Waals surface area contributed by atoms with Gasteiger partial charge in [0.25, 0.3) is 0 Å². The van der Waals surface area contributed by atoms with Gasteiger partial charge in [-0.2, -0.15) is 0 Å². The SMILES string of the molecule is CO/N=C(/C(=O)OC(C)C)c1ccccc1CO/N=C(\C)C#Cc1ccc(P)cc1. The van der Waals surface area contributed by atoms with Crippen LogP contribution in [0.15, 0.2) is 58.8 Å². The maximum atomic E-state index is 12.4. The molecular weight excluding hydrogens is 399 g/mol. The van der Waals surface area contributed by atoms with Gasteiger partial charge in [-0.3, -0.25) is 0 Å². The van der Waals surface area contributed by atoms with Crippen molar-refractivity contribution in [2.45, 2.75) is 33.5 Å². The van der Waals surface area contributed by atoms with Gasteiger partial charge in [0.15, 0.2) is 5.71 Å². The molecule has 1 unspecified atom stereocenters. The predicted octanol–water partition coefficient (Wildman–Crippen LogP) is 3.43. The van der Waals surface area contributed by atoms with Crippen LogP contribution in [0.5, 0.6) is 0 Å². The Hall–Kier alpha value is -3.16. The summed E-state index contributed by atoms with van der Waals surface area (Å²) in [7, 11) is 4.01. The Morgan fingerprint density at radius 2 is 1.80 bits per heavy atom. The van der Waals surface area contributed by atoms with Crippen LogP contribution in [0.1, 0.15) is 37.5 Å². The smallest absolute Gasteiger partial charge is 0.361 e. The number of ether oxygens (including phenoxy) is 1. The minimum atomic E-state index is -0.568. The van der Waals surface area contributed by atoms with Crippen molar-refractivity contribution in [1.82, 2.24) is 0 Å². The molecule has 6 nitrogen and oxygen atoms in total. The molecule has 0 saturated heterocycles. The average Bonchev–Trinajstić information content (AvgIpc) is 2.71. The van der Waals surface area contributed by atoms with Crippen molar-refractivity contribution in [3.8, 4) is 11.8 Å². The maximum Gasteiger partial charge on any atom is 0.361 e. The number of carbonyl (C=O) groups excluding carboxylic acids is 1. The van der Waals surface area contributed by atoms with E-state index in [-0.39, 0.29) is 18.4 Å². The number of carbonyl (C=O) groups is 1. The topological polar surface area (TPSA) is 69.5 Å². The second-order valence-corrected chi connectivity index (χ2v) is 7.22. The Kier molecular flexibility index (Phi) is 9.05. The molecule has 0 fully saturated rings. The normalized spacial score (nSPS) is 11.5. The molecule has 0 N–H and O–H groups in total. The highest BCUT2D eigenvalue weighted by Crippen LogP contribution is 2.14. The zero-order valence-electron chi connectivity index (χ0n) is 17.5. The molecule has 0 aliphatic heterocycles. The lowest BCUT2D eigenvalue weighted by molar-refractivity contribution is -0.139. The monoisotopic (exact) mass is 424 g/mol. The number of hydrogen-bond acceptors (Lipinski definition) is 6. The van der Waals surface area contributed by atoms with Crippen LogP contribution in [0.3, 0.4) is 0 Å². The van der Waals surface area contributed by atoms with E-state index in [1.807, 2.05) is 36.4 Å². The summed E-state index contributed by atoms with van der Waals surface area (Å²) in [6.07, 6.45) is -0.277. The lowest BCUT2D eigenvalue weighted by atomic mass is 10.0. The molecule has 0 heterocycles. The summed E-state index contributed by atoms with van der Waals surface area (Å²) in [4.78, 5) is 22.7. The molecule has 1 atom stereocenters. The zero-order valence-corrected chi connectivity index (χ0v) is 18.7. The first-order valence-corrected chi connectivity index (χ1v) is 9.93. The minimum absolute atomic E-state index is 0.0726. The molecule has 0 aromatic heterocycles. The Labute approximate surface area is 179 Å². The average molecular weight is 424 g/mol. The molecule has 30 heavy (non-hydrogen) atoms. The van der Waals surface area contributed by atoms with E-state index < -0.39 is 5.97 Å². The molecule has 2 aromatic carbocycles. The number of benzene rings is 2. The molecule has 2 rings (SSSR count). The molecule has 0 bridgehead atoms. The maximum absolute atomic E-state index is 12.4. The van der Waals surface area contributed by atoms with Crippen LogP contribution in [0.2, 0.25) is 0 Å². The fraction of sp³-hybridized carbons (Fsp3) is 0.261. The van der Waals surface area contributed by atoms with Crippen LogP contribution in [-0.2, 0) is 25.8 Å². The van der Waals surface area contributed by atoms with Crippen LogP contribution in [-0.4, -0.2) is 30.6 Å². The lowest BCUT2D eigenvalue weighted by Crippen LogP contribution is -2.23. The van der Waals surface area contributed by atoms with E-state index in [1.54, 1.807) is 32.9 Å². The van der Waals surface area contributed by atoms with Crippen LogP contribution < -0.4 is 5.30 Å². The van der Waals surface area contributed by atoms with Gasteiger partial charge < -0.3 is 14.4 Å². The summed E-state index contributed by atoms with van der Waals surface area (Å²) in [5, 5.41) is 8.99. The van der Waals surface area contributed by atoms with E-state index in [1.165, 1.54) is 7.11 Å². The third-order valence-corrected chi connectivity index (χ3v) is 4.10. The minimum Gasteiger partial charge on any atom is -0.458 e. The van der Waals surface area contributed by atoms with Gasteiger partial charge in [-0.05, 0) is 44.1 Å². The molecule has 0 amide bonds. The van der Waals surface area contributed by atoms with Crippen molar-refractivity contribution in [2.75, 3.05) is 7.11 Å². The Bertz CT molecular complexity index is 986. The first-order valence-electron chi connectivity index (χ1n) is 9.35. The Morgan fingerprint density at radius 1 is 1.10 bits per heavy atom. The zero-order chi connectivity index (χ0) is 21.9. The third-order valence-electron chi connectivity index (χ3n) is 3.71. The van der Waals surface area contributed by atoms with Crippen molar-refractivity contribution < 1.29 is 19.2 Å². The van der Waals surface area contributed by atoms with E-state index in [9.17, 15) is 4.79 Å². The van der Waals surface area contributed by atoms with Gasteiger partial charge in [-0.25, -0.2) is 4.79 Å². The van der Waals surface area contributed by atoms with Crippen molar-refractivity contribution in [3.05, 3.63) is 65.2 Å². The van der Waals surface area contributed by atoms with Gasteiger partial charge in [0, 0.05) is 16.7 Å². The van der Waals surface area contributed by atoms with E-state index in [0.29, 0.717) is 11.3 Å². The number of rotatable bonds is 7. The molecule has 0 radical (unpaired) electrons. The Morgan fingerprint density at radius 3 is 2.47 bits per heavy atom. The van der Waals surface area contributed by atoms with Gasteiger partial charge in [-0.1, -0.05) is 52.6 Å². The fourth-order valence-corrected chi connectivity index (χ4v) is 2.58. The molecular formula is C23H25N2O4P. The first-order chi connectivity index (χ1) is 14.4. The summed E-state index contributed by atoms with van der Waals surface area (Å²) in [6.45, 7) is 5.44. The second-order valence-electron chi connectivity index (χ2n) is 6.56. The summed E-state index contributed by atoms with van der Waals surface area (Å²) < 4.78 is 5.26. The van der Waals surface area contributed by atoms with Crippen LogP contribution in [0, 0.1) is 11.8 Å². The summed E-state index contributed by atoms with van der Waals surface area (Å²) in [5.41, 5.74) is 2.78. The summed E-state index contributed by atoms with van der Waals surface area (Å²) >= 11 is 0. The van der Waals surface area contributed by atoms with E-state index in [4.69, 9.17) is 14.4 Å². The first kappa shape index (κ1) is 23.1. The highest BCUT2D eigenvalue weighted by molar-refractivity contribution is 7.27. The van der Waals surface area contributed by atoms with Gasteiger partial charge in [-0.15, -0.1) is 9.24 Å². The van der Waals surface area contributed by atoms with Crippen molar-refractivity contribution in [2.24, 2.45) is 10.3 Å². The highest BCUT2D eigenvalue weighted by Gasteiger charge is 2.21. The summed E-state index contributed by atoms with van der Waals surface area (Å²) in [5.74, 6) is 5.42. The largest absolute Gasteiger partial charge is 0.458 e. The van der Waals surface area contributed by atoms with Crippen molar-refractivity contribution in [1.29, 1.82) is 0 Å². The van der Waals surface area contributed by atoms with Crippen molar-refractivity contribution in [3.63, 3.8) is 0 Å². The number of oxime groups is 2. The lowest BCUT2D eigenvalue weighted by Gasteiger charge is -2.12. The Balaban J connectivity index is 2.12. The van der Waals surface area contributed by atoms with Gasteiger partial charge in [0.1, 0.15) is 19.4 Å². The molecule has 0 saturated carbocycles. The standard InChI is InChI=1S/C23H25N2O4P/c1-16(2)29-23(26)22(25-27-4)21-8-6-5-7-19(21)15-28-24-17(3)9-10-18-11-13-20(30)14-12-18/h5-8,11-14,16H,15,30H2,1-4H3/b24-17+,25-22+. The molecule has 0 aliphatic rings. The van der Waals surface area contributed by atoms with E-state index >= 15 is 0 Å². The number of nitrogens with zero attached hydrogens (tertiary/aromatic N) is 2. The fourth-order valence-electron chi connectivity index (χ4n) is 2.39. The molecule has 0 spiro atoms. The van der Waals surface area contributed by atoms with Crippen LogP contribution in [0.4, 0.5) is 0 Å². The van der Waals surface area contributed by atoms with Gasteiger partial charge in [0.2, 0.25) is 0 Å². The molecule has 0 aliphatic carbocycles. The van der Waals surface area contributed by atoms with Crippen LogP contribution >= 0.6 is 9.24 Å². The van der Waals surface area contributed by atoms with Gasteiger partial charge in [0.05, 0.1) is 6.10 Å². The molecule has 156 valence electrons. The van der Waals surface area contributed by atoms with E-state index in [0.717, 1.165) is 16.4 Å². The predicted molar refractivity (Wildman–Crippen MR) is 122 cm³/mol. The number of hydrogen-bond donors (Lipinski definition) is 0. The molecule has 7 heteroatoms. The highest BCUT2D eigenvalue weighted by atomic mass is 31.0. The van der Waals surface area contributed by atoms with Crippen LogP contribution in [0.25, 0.3) is 0 Å². The summed E-state index contributed by atoms with van der Waals surface area (Å²) in [6, 6.07) is 15.0. The number of esters is 1. The quantitative estimate of drug-likeness (QED) is 0.225. The second kappa shape index (κ2) is 11.7. The third kappa shape index (κ3) is 7.35. The van der Waals surface area contributed by atoms with Gasteiger partial charge >= 0.3 is 5.97 Å².